The number of hydrogen-bond acceptors (Lipinski definition) is 8. The van der Waals surface area contributed by atoms with Crippen LogP contribution in [0.15, 0.2) is 6.33 Å². The highest BCUT2D eigenvalue weighted by atomic mass is 35.5. The summed E-state index contributed by atoms with van der Waals surface area (Å²) < 4.78 is 30.1. The van der Waals surface area contributed by atoms with Crippen molar-refractivity contribution in [2.24, 2.45) is 0 Å². The van der Waals surface area contributed by atoms with Gasteiger partial charge in [0.05, 0.1) is 13.4 Å². The molecule has 0 aromatic carbocycles. The molecule has 2 aromatic heterocycles. The van der Waals surface area contributed by atoms with E-state index in [9.17, 15) is 13.6 Å². The Balaban J connectivity index is 1.49. The standard InChI is InChI=1S/C25H43ClN6O4S/c1-36-21(33)16-14-12-10-8-6-4-2-3-5-7-9-11-13-15-19-32-20-28-22-23(27-17-18-29-37(34)35)30-25(26)31-24(22)32/h20,29H,2-19H2,1H3,(H,34,35)(H,27,30,31)/p-1. The number of esters is 1. The van der Waals surface area contributed by atoms with Crippen LogP contribution in [0.3, 0.4) is 0 Å². The first-order valence-electron chi connectivity index (χ1n) is 13.5. The van der Waals surface area contributed by atoms with Gasteiger partial charge in [0.25, 0.3) is 0 Å². The fraction of sp³-hybridized carbons (Fsp3) is 0.760. The van der Waals surface area contributed by atoms with E-state index in [4.69, 9.17) is 11.6 Å². The Morgan fingerprint density at radius 2 is 1.51 bits per heavy atom. The summed E-state index contributed by atoms with van der Waals surface area (Å²) in [6.45, 7) is 1.42. The van der Waals surface area contributed by atoms with Crippen LogP contribution in [0.5, 0.6) is 0 Å². The molecule has 2 rings (SSSR count). The van der Waals surface area contributed by atoms with Crippen LogP contribution in [0.25, 0.3) is 11.2 Å². The number of aryl methyl sites for hydroxylation is 1. The molecule has 2 heterocycles. The lowest BCUT2D eigenvalue weighted by atomic mass is 10.0. The number of hydrogen-bond donors (Lipinski definition) is 2. The fourth-order valence-electron chi connectivity index (χ4n) is 4.29. The zero-order valence-electron chi connectivity index (χ0n) is 22.0. The molecule has 0 aliphatic rings. The summed E-state index contributed by atoms with van der Waals surface area (Å²) >= 11 is 3.80. The van der Waals surface area contributed by atoms with Crippen LogP contribution in [0, 0.1) is 0 Å². The van der Waals surface area contributed by atoms with Crippen molar-refractivity contribution in [3.8, 4) is 0 Å². The molecule has 0 bridgehead atoms. The van der Waals surface area contributed by atoms with Crippen molar-refractivity contribution >= 4 is 45.8 Å². The number of anilines is 1. The zero-order valence-corrected chi connectivity index (χ0v) is 23.6. The molecule has 12 heteroatoms. The van der Waals surface area contributed by atoms with Gasteiger partial charge < -0.3 is 19.2 Å². The number of nitrogens with zero attached hydrogens (tertiary/aromatic N) is 4. The van der Waals surface area contributed by atoms with Crippen LogP contribution in [0.4, 0.5) is 5.82 Å². The Morgan fingerprint density at radius 3 is 2.08 bits per heavy atom. The molecule has 0 radical (unpaired) electrons. The minimum absolute atomic E-state index is 0.0969. The Morgan fingerprint density at radius 1 is 0.946 bits per heavy atom. The highest BCUT2D eigenvalue weighted by molar-refractivity contribution is 7.77. The number of rotatable bonds is 22. The van der Waals surface area contributed by atoms with Crippen molar-refractivity contribution in [3.05, 3.63) is 11.6 Å². The minimum atomic E-state index is -2.29. The summed E-state index contributed by atoms with van der Waals surface area (Å²) in [4.78, 5) is 24.0. The van der Waals surface area contributed by atoms with E-state index in [2.05, 4.69) is 29.7 Å². The van der Waals surface area contributed by atoms with Gasteiger partial charge in [-0.2, -0.15) is 9.97 Å². The van der Waals surface area contributed by atoms with Crippen molar-refractivity contribution in [2.45, 2.75) is 103 Å². The lowest BCUT2D eigenvalue weighted by molar-refractivity contribution is -0.140. The van der Waals surface area contributed by atoms with Gasteiger partial charge in [0.15, 0.2) is 17.0 Å². The predicted octanol–water partition coefficient (Wildman–Crippen LogP) is 5.30. The first-order chi connectivity index (χ1) is 18.0. The molecule has 0 saturated carbocycles. The molecule has 0 amide bonds. The van der Waals surface area contributed by atoms with Crippen LogP contribution in [-0.4, -0.2) is 54.4 Å². The first kappa shape index (κ1) is 31.4. The number of aromatic nitrogens is 4. The van der Waals surface area contributed by atoms with Crippen molar-refractivity contribution in [1.82, 2.24) is 24.2 Å². The topological polar surface area (TPSA) is 134 Å². The lowest BCUT2D eigenvalue weighted by Crippen LogP contribution is -2.24. The van der Waals surface area contributed by atoms with E-state index in [1.54, 1.807) is 6.33 Å². The van der Waals surface area contributed by atoms with Crippen molar-refractivity contribution < 1.29 is 18.3 Å². The van der Waals surface area contributed by atoms with E-state index in [0.29, 0.717) is 29.9 Å². The number of halogens is 1. The summed E-state index contributed by atoms with van der Waals surface area (Å²) in [5.41, 5.74) is 1.32. The molecule has 1 unspecified atom stereocenters. The summed E-state index contributed by atoms with van der Waals surface area (Å²) in [5, 5.41) is 3.20. The number of fused-ring (bicyclic) bond motifs is 1. The maximum atomic E-state index is 11.1. The van der Waals surface area contributed by atoms with Crippen LogP contribution in [-0.2, 0) is 27.3 Å². The van der Waals surface area contributed by atoms with E-state index >= 15 is 0 Å². The van der Waals surface area contributed by atoms with Crippen molar-refractivity contribution in [2.75, 3.05) is 25.5 Å². The normalized spacial score (nSPS) is 12.2. The second kappa shape index (κ2) is 19.3. The average Bonchev–Trinajstić information content (AvgIpc) is 3.28. The molecule has 1 atom stereocenters. The quantitative estimate of drug-likeness (QED) is 0.0861. The SMILES string of the molecule is COC(=O)CCCCCCCCCCCCCCCCn1cnc2c(NCCNS(=O)[O-])nc(Cl)nc21. The second-order valence-corrected chi connectivity index (χ2v) is 10.4. The van der Waals surface area contributed by atoms with Crippen molar-refractivity contribution in [1.29, 1.82) is 0 Å². The lowest BCUT2D eigenvalue weighted by Gasteiger charge is -2.09. The largest absolute Gasteiger partial charge is 0.760 e. The monoisotopic (exact) mass is 557 g/mol. The molecular weight excluding hydrogens is 516 g/mol. The first-order valence-corrected chi connectivity index (χ1v) is 15.0. The van der Waals surface area contributed by atoms with E-state index in [1.165, 1.54) is 71.3 Å². The summed E-state index contributed by atoms with van der Waals surface area (Å²) in [6, 6.07) is 0. The Hall–Kier alpha value is -1.82. The summed E-state index contributed by atoms with van der Waals surface area (Å²) in [5.74, 6) is 0.406. The smallest absolute Gasteiger partial charge is 0.305 e. The highest BCUT2D eigenvalue weighted by Gasteiger charge is 2.12. The van der Waals surface area contributed by atoms with Crippen LogP contribution in [0.2, 0.25) is 5.28 Å². The highest BCUT2D eigenvalue weighted by Crippen LogP contribution is 2.21. The van der Waals surface area contributed by atoms with Gasteiger partial charge in [0.1, 0.15) is 0 Å². The molecule has 0 fully saturated rings. The number of nitrogens with one attached hydrogen (secondary N) is 2. The van der Waals surface area contributed by atoms with E-state index in [0.717, 1.165) is 32.2 Å². The molecule has 0 aliphatic heterocycles. The van der Waals surface area contributed by atoms with Crippen LogP contribution >= 0.6 is 11.6 Å². The molecule has 0 spiro atoms. The number of imidazole rings is 1. The van der Waals surface area contributed by atoms with E-state index < -0.39 is 11.3 Å². The van der Waals surface area contributed by atoms with Gasteiger partial charge in [0, 0.05) is 37.3 Å². The minimum Gasteiger partial charge on any atom is -0.760 e. The number of methoxy groups -OCH3 is 1. The third-order valence-corrected chi connectivity index (χ3v) is 6.94. The second-order valence-electron chi connectivity index (χ2n) is 9.28. The molecule has 0 saturated heterocycles. The van der Waals surface area contributed by atoms with E-state index in [1.807, 2.05) is 4.57 Å². The Labute approximate surface area is 228 Å². The number of carbonyl (C=O) groups excluding carboxylic acids is 1. The summed E-state index contributed by atoms with van der Waals surface area (Å²) in [7, 11) is 1.45. The van der Waals surface area contributed by atoms with Crippen LogP contribution < -0.4 is 10.0 Å². The fourth-order valence-corrected chi connectivity index (χ4v) is 4.73. The van der Waals surface area contributed by atoms with Gasteiger partial charge in [-0.15, -0.1) is 0 Å². The van der Waals surface area contributed by atoms with Gasteiger partial charge in [-0.05, 0) is 24.4 Å². The number of carbonyl (C=O) groups is 1. The van der Waals surface area contributed by atoms with Gasteiger partial charge in [0.2, 0.25) is 5.28 Å². The summed E-state index contributed by atoms with van der Waals surface area (Å²) in [6.07, 6.45) is 19.5. The maximum absolute atomic E-state index is 11.1. The molecule has 0 aliphatic carbocycles. The van der Waals surface area contributed by atoms with Crippen molar-refractivity contribution in [3.63, 3.8) is 0 Å². The molecule has 2 aromatic rings. The molecule has 10 nitrogen and oxygen atoms in total. The third-order valence-electron chi connectivity index (χ3n) is 6.33. The molecule has 37 heavy (non-hydrogen) atoms. The zero-order chi connectivity index (χ0) is 26.7. The molecule has 210 valence electrons. The number of ether oxygens (including phenoxy) is 1. The molecule has 2 N–H and O–H groups in total. The van der Waals surface area contributed by atoms with Gasteiger partial charge >= 0.3 is 5.97 Å². The maximum Gasteiger partial charge on any atom is 0.305 e. The van der Waals surface area contributed by atoms with Gasteiger partial charge in [-0.25, -0.2) is 9.71 Å². The van der Waals surface area contributed by atoms with Crippen LogP contribution in [0.1, 0.15) is 96.3 Å². The third kappa shape index (κ3) is 13.5. The predicted molar refractivity (Wildman–Crippen MR) is 147 cm³/mol. The van der Waals surface area contributed by atoms with Gasteiger partial charge in [-0.1, -0.05) is 77.0 Å². The average molecular weight is 558 g/mol. The molecular formula is C25H42ClN6O4S-. The van der Waals surface area contributed by atoms with E-state index in [-0.39, 0.29) is 17.8 Å². The Bertz CT molecular complexity index is 945. The van der Waals surface area contributed by atoms with Gasteiger partial charge in [-0.3, -0.25) is 9.00 Å². The Kier molecular flexibility index (Phi) is 16.4. The number of unbranched alkanes of at least 4 members (excludes halogenated alkanes) is 13.